The van der Waals surface area contributed by atoms with Crippen molar-refractivity contribution in [3.05, 3.63) is 30.3 Å². The SMILES string of the molecule is COCC1(C)CN1c1ccccc1. The Bertz CT molecular complexity index is 285. The van der Waals surface area contributed by atoms with E-state index in [0.717, 1.165) is 13.2 Å². The lowest BCUT2D eigenvalue weighted by Gasteiger charge is -2.12. The average Bonchev–Trinajstić information content (AvgIpc) is 2.80. The van der Waals surface area contributed by atoms with Crippen molar-refractivity contribution in [1.82, 2.24) is 0 Å². The molecule has 2 rings (SSSR count). The van der Waals surface area contributed by atoms with Gasteiger partial charge < -0.3 is 9.64 Å². The van der Waals surface area contributed by atoms with Crippen LogP contribution in [0.25, 0.3) is 0 Å². The van der Waals surface area contributed by atoms with E-state index in [0.29, 0.717) is 0 Å². The summed E-state index contributed by atoms with van der Waals surface area (Å²) in [5, 5.41) is 0. The van der Waals surface area contributed by atoms with Gasteiger partial charge in [-0.15, -0.1) is 0 Å². The van der Waals surface area contributed by atoms with Crippen LogP contribution in [-0.4, -0.2) is 25.8 Å². The minimum Gasteiger partial charge on any atom is -0.382 e. The molecule has 0 spiro atoms. The second-order valence-electron chi connectivity index (χ2n) is 3.85. The number of para-hydroxylation sites is 1. The summed E-state index contributed by atoms with van der Waals surface area (Å²) in [7, 11) is 1.76. The molecule has 0 bridgehead atoms. The molecule has 0 amide bonds. The zero-order valence-electron chi connectivity index (χ0n) is 8.16. The molecule has 13 heavy (non-hydrogen) atoms. The number of hydrogen-bond acceptors (Lipinski definition) is 2. The standard InChI is InChI=1S/C11H15NO/c1-11(9-13-2)8-12(11)10-6-4-3-5-7-10/h3-7H,8-9H2,1-2H3. The van der Waals surface area contributed by atoms with Gasteiger partial charge in [-0.3, -0.25) is 0 Å². The van der Waals surface area contributed by atoms with Gasteiger partial charge in [0.1, 0.15) is 0 Å². The van der Waals surface area contributed by atoms with E-state index >= 15 is 0 Å². The molecule has 1 aromatic carbocycles. The summed E-state index contributed by atoms with van der Waals surface area (Å²) in [5.41, 5.74) is 1.53. The number of ether oxygens (including phenoxy) is 1. The molecule has 70 valence electrons. The Balaban J connectivity index is 2.07. The highest BCUT2D eigenvalue weighted by molar-refractivity contribution is 5.56. The van der Waals surface area contributed by atoms with E-state index in [1.807, 2.05) is 6.07 Å². The van der Waals surface area contributed by atoms with Crippen LogP contribution in [0, 0.1) is 0 Å². The second-order valence-corrected chi connectivity index (χ2v) is 3.85. The van der Waals surface area contributed by atoms with Crippen LogP contribution in [-0.2, 0) is 4.74 Å². The molecule has 1 aliphatic heterocycles. The fourth-order valence-corrected chi connectivity index (χ4v) is 1.75. The van der Waals surface area contributed by atoms with Gasteiger partial charge in [0.15, 0.2) is 0 Å². The summed E-state index contributed by atoms with van der Waals surface area (Å²) in [6, 6.07) is 10.5. The summed E-state index contributed by atoms with van der Waals surface area (Å²) in [4.78, 5) is 2.36. The minimum absolute atomic E-state index is 0.232. The van der Waals surface area contributed by atoms with Crippen molar-refractivity contribution in [2.75, 3.05) is 25.2 Å². The van der Waals surface area contributed by atoms with Gasteiger partial charge in [0, 0.05) is 19.3 Å². The Morgan fingerprint density at radius 1 is 1.38 bits per heavy atom. The summed E-state index contributed by atoms with van der Waals surface area (Å²) in [5.74, 6) is 0. The summed E-state index contributed by atoms with van der Waals surface area (Å²) < 4.78 is 5.18. The maximum absolute atomic E-state index is 5.18. The Hall–Kier alpha value is -1.02. The molecule has 0 aliphatic carbocycles. The number of rotatable bonds is 3. The molecule has 0 radical (unpaired) electrons. The third-order valence-electron chi connectivity index (χ3n) is 2.57. The molecule has 0 aromatic heterocycles. The number of nitrogens with zero attached hydrogens (tertiary/aromatic N) is 1. The lowest BCUT2D eigenvalue weighted by atomic mass is 10.2. The van der Waals surface area contributed by atoms with Crippen molar-refractivity contribution >= 4 is 5.69 Å². The van der Waals surface area contributed by atoms with Crippen molar-refractivity contribution in [2.24, 2.45) is 0 Å². The maximum atomic E-state index is 5.18. The van der Waals surface area contributed by atoms with Crippen molar-refractivity contribution in [1.29, 1.82) is 0 Å². The quantitative estimate of drug-likeness (QED) is 0.654. The highest BCUT2D eigenvalue weighted by Crippen LogP contribution is 2.37. The van der Waals surface area contributed by atoms with Crippen LogP contribution in [0.5, 0.6) is 0 Å². The molecular weight excluding hydrogens is 162 g/mol. The highest BCUT2D eigenvalue weighted by atomic mass is 16.5. The molecule has 2 nitrogen and oxygen atoms in total. The molecule has 1 heterocycles. The topological polar surface area (TPSA) is 12.2 Å². The predicted octanol–water partition coefficient (Wildman–Crippen LogP) is 1.91. The van der Waals surface area contributed by atoms with Gasteiger partial charge in [-0.05, 0) is 19.1 Å². The van der Waals surface area contributed by atoms with Gasteiger partial charge in [0.05, 0.1) is 12.1 Å². The normalized spacial score (nSPS) is 26.2. The molecule has 1 saturated heterocycles. The van der Waals surface area contributed by atoms with Crippen molar-refractivity contribution in [2.45, 2.75) is 12.5 Å². The van der Waals surface area contributed by atoms with Gasteiger partial charge in [-0.1, -0.05) is 18.2 Å². The molecule has 0 saturated carbocycles. The fourth-order valence-electron chi connectivity index (χ4n) is 1.75. The molecule has 2 heteroatoms. The molecule has 1 atom stereocenters. The van der Waals surface area contributed by atoms with Gasteiger partial charge in [-0.25, -0.2) is 0 Å². The first kappa shape index (κ1) is 8.57. The minimum atomic E-state index is 0.232. The third-order valence-corrected chi connectivity index (χ3v) is 2.57. The van der Waals surface area contributed by atoms with Crippen LogP contribution < -0.4 is 4.90 Å². The van der Waals surface area contributed by atoms with E-state index < -0.39 is 0 Å². The molecular formula is C11H15NO. The summed E-state index contributed by atoms with van der Waals surface area (Å²) in [6.45, 7) is 4.14. The van der Waals surface area contributed by atoms with E-state index in [1.165, 1.54) is 5.69 Å². The largest absolute Gasteiger partial charge is 0.382 e. The first-order chi connectivity index (χ1) is 6.26. The van der Waals surface area contributed by atoms with E-state index in [4.69, 9.17) is 4.74 Å². The molecule has 1 aliphatic rings. The predicted molar refractivity (Wildman–Crippen MR) is 54.1 cm³/mol. The van der Waals surface area contributed by atoms with Crippen LogP contribution in [0.3, 0.4) is 0 Å². The molecule has 1 unspecified atom stereocenters. The van der Waals surface area contributed by atoms with E-state index in [2.05, 4.69) is 36.1 Å². The van der Waals surface area contributed by atoms with E-state index in [-0.39, 0.29) is 5.54 Å². The van der Waals surface area contributed by atoms with Crippen LogP contribution in [0.1, 0.15) is 6.92 Å². The van der Waals surface area contributed by atoms with E-state index in [1.54, 1.807) is 7.11 Å². The number of methoxy groups -OCH3 is 1. The average molecular weight is 177 g/mol. The highest BCUT2D eigenvalue weighted by Gasteiger charge is 2.47. The maximum Gasteiger partial charge on any atom is 0.0782 e. The Morgan fingerprint density at radius 3 is 2.69 bits per heavy atom. The number of benzene rings is 1. The molecule has 0 N–H and O–H groups in total. The Labute approximate surface area is 79.1 Å². The van der Waals surface area contributed by atoms with Crippen LogP contribution in [0.4, 0.5) is 5.69 Å². The van der Waals surface area contributed by atoms with Crippen molar-refractivity contribution in [3.63, 3.8) is 0 Å². The first-order valence-corrected chi connectivity index (χ1v) is 4.58. The summed E-state index contributed by atoms with van der Waals surface area (Å²) in [6.07, 6.45) is 0. The Kier molecular flexibility index (Phi) is 2.00. The van der Waals surface area contributed by atoms with Crippen molar-refractivity contribution in [3.8, 4) is 0 Å². The van der Waals surface area contributed by atoms with Crippen LogP contribution in [0.2, 0.25) is 0 Å². The number of anilines is 1. The first-order valence-electron chi connectivity index (χ1n) is 4.58. The van der Waals surface area contributed by atoms with Gasteiger partial charge >= 0.3 is 0 Å². The lowest BCUT2D eigenvalue weighted by Crippen LogP contribution is -2.19. The fraction of sp³-hybridized carbons (Fsp3) is 0.455. The van der Waals surface area contributed by atoms with Crippen LogP contribution >= 0.6 is 0 Å². The van der Waals surface area contributed by atoms with E-state index in [9.17, 15) is 0 Å². The summed E-state index contributed by atoms with van der Waals surface area (Å²) >= 11 is 0. The van der Waals surface area contributed by atoms with Gasteiger partial charge in [0.25, 0.3) is 0 Å². The third kappa shape index (κ3) is 1.54. The smallest absolute Gasteiger partial charge is 0.0782 e. The molecule has 1 fully saturated rings. The zero-order chi connectivity index (χ0) is 9.31. The van der Waals surface area contributed by atoms with Crippen LogP contribution in [0.15, 0.2) is 30.3 Å². The second kappa shape index (κ2) is 3.04. The van der Waals surface area contributed by atoms with Gasteiger partial charge in [-0.2, -0.15) is 0 Å². The lowest BCUT2D eigenvalue weighted by molar-refractivity contribution is 0.178. The number of hydrogen-bond donors (Lipinski definition) is 0. The Morgan fingerprint density at radius 2 is 2.08 bits per heavy atom. The zero-order valence-corrected chi connectivity index (χ0v) is 8.16. The van der Waals surface area contributed by atoms with Crippen molar-refractivity contribution < 1.29 is 4.74 Å². The molecule has 1 aromatic rings. The monoisotopic (exact) mass is 177 g/mol. The van der Waals surface area contributed by atoms with Gasteiger partial charge in [0.2, 0.25) is 0 Å².